The molecule has 1 aliphatic rings. The van der Waals surface area contributed by atoms with Gasteiger partial charge in [-0.2, -0.15) is 0 Å². The van der Waals surface area contributed by atoms with Crippen molar-refractivity contribution in [1.29, 1.82) is 0 Å². The van der Waals surface area contributed by atoms with Crippen LogP contribution < -0.4 is 10.1 Å². The molecule has 0 spiro atoms. The highest BCUT2D eigenvalue weighted by Gasteiger charge is 2.21. The van der Waals surface area contributed by atoms with Gasteiger partial charge in [0.2, 0.25) is 5.88 Å². The molecule has 1 fully saturated rings. The van der Waals surface area contributed by atoms with Crippen LogP contribution in [-0.2, 0) is 0 Å². The van der Waals surface area contributed by atoms with E-state index in [-0.39, 0.29) is 0 Å². The molecule has 5 heteroatoms. The fourth-order valence-corrected chi connectivity index (χ4v) is 3.27. The Bertz CT molecular complexity index is 763. The lowest BCUT2D eigenvalue weighted by atomic mass is 9.87. The Hall–Kier alpha value is -2.69. The highest BCUT2D eigenvalue weighted by molar-refractivity contribution is 6.03. The maximum Gasteiger partial charge on any atom is 0.241 e. The third kappa shape index (κ3) is 7.97. The fraction of sp³-hybridized carbons (Fsp3) is 0.480. The van der Waals surface area contributed by atoms with Crippen LogP contribution in [0.5, 0.6) is 11.6 Å². The third-order valence-corrected chi connectivity index (χ3v) is 4.59. The van der Waals surface area contributed by atoms with E-state index in [0.29, 0.717) is 11.8 Å². The van der Waals surface area contributed by atoms with Crippen molar-refractivity contribution in [2.24, 2.45) is 4.99 Å². The predicted molar refractivity (Wildman–Crippen MR) is 129 cm³/mol. The van der Waals surface area contributed by atoms with Gasteiger partial charge in [0.25, 0.3) is 0 Å². The molecular weight excluding hydrogens is 372 g/mol. The molecule has 1 aromatic heterocycles. The summed E-state index contributed by atoms with van der Waals surface area (Å²) >= 11 is 0. The quantitative estimate of drug-likeness (QED) is 0.412. The average molecular weight is 411 g/mol. The maximum absolute atomic E-state index is 6.05. The number of benzene rings is 1. The molecule has 1 N–H and O–H groups in total. The molecule has 1 heterocycles. The molecule has 0 unspecified atom stereocenters. The normalized spacial score (nSPS) is 14.3. The van der Waals surface area contributed by atoms with Crippen LogP contribution in [0.3, 0.4) is 0 Å². The smallest absolute Gasteiger partial charge is 0.241 e. The summed E-state index contributed by atoms with van der Waals surface area (Å²) in [4.78, 5) is 13.2. The molecular formula is C25H38N4O. The van der Waals surface area contributed by atoms with Gasteiger partial charge in [-0.25, -0.2) is 4.98 Å². The minimum absolute atomic E-state index is 0.456. The zero-order valence-electron chi connectivity index (χ0n) is 19.5. The van der Waals surface area contributed by atoms with Gasteiger partial charge in [-0.3, -0.25) is 9.98 Å². The lowest BCUT2D eigenvalue weighted by Gasteiger charge is -2.22. The van der Waals surface area contributed by atoms with Crippen LogP contribution in [0.1, 0.15) is 78.3 Å². The van der Waals surface area contributed by atoms with Crippen molar-refractivity contribution in [3.8, 4) is 11.6 Å². The highest BCUT2D eigenvalue weighted by Crippen LogP contribution is 2.36. The Morgan fingerprint density at radius 1 is 1.00 bits per heavy atom. The van der Waals surface area contributed by atoms with Gasteiger partial charge in [0.15, 0.2) is 0 Å². The van der Waals surface area contributed by atoms with E-state index < -0.39 is 0 Å². The largest absolute Gasteiger partial charge is 0.437 e. The monoisotopic (exact) mass is 410 g/mol. The molecule has 2 aromatic rings. The SMILES string of the molecule is C/C=C\C(=NC)Nc1ccc(Oc2nccnc2C2CCCCC2)cc1.CC.CC. The van der Waals surface area contributed by atoms with E-state index in [1.54, 1.807) is 19.4 Å². The van der Waals surface area contributed by atoms with Gasteiger partial charge in [0.05, 0.1) is 0 Å². The minimum atomic E-state index is 0.456. The average Bonchev–Trinajstić information content (AvgIpc) is 2.83. The molecule has 0 bridgehead atoms. The zero-order valence-corrected chi connectivity index (χ0v) is 19.5. The lowest BCUT2D eigenvalue weighted by molar-refractivity contribution is 0.401. The van der Waals surface area contributed by atoms with E-state index in [2.05, 4.69) is 20.3 Å². The Kier molecular flexibility index (Phi) is 12.8. The molecule has 164 valence electrons. The molecule has 0 saturated heterocycles. The lowest BCUT2D eigenvalue weighted by Crippen LogP contribution is -2.09. The molecule has 0 radical (unpaired) electrons. The maximum atomic E-state index is 6.05. The summed E-state index contributed by atoms with van der Waals surface area (Å²) in [6.45, 7) is 9.97. The minimum Gasteiger partial charge on any atom is -0.437 e. The van der Waals surface area contributed by atoms with Crippen molar-refractivity contribution in [2.75, 3.05) is 12.4 Å². The van der Waals surface area contributed by atoms with Gasteiger partial charge in [-0.15, -0.1) is 0 Å². The van der Waals surface area contributed by atoms with E-state index in [9.17, 15) is 0 Å². The summed E-state index contributed by atoms with van der Waals surface area (Å²) in [5.74, 6) is 2.66. The summed E-state index contributed by atoms with van der Waals surface area (Å²) in [5.41, 5.74) is 1.95. The van der Waals surface area contributed by atoms with E-state index in [1.165, 1.54) is 32.1 Å². The third-order valence-electron chi connectivity index (χ3n) is 4.59. The van der Waals surface area contributed by atoms with Gasteiger partial charge in [0.1, 0.15) is 17.3 Å². The molecule has 1 aliphatic carbocycles. The molecule has 5 nitrogen and oxygen atoms in total. The number of amidine groups is 1. The first-order valence-electron chi connectivity index (χ1n) is 11.3. The van der Waals surface area contributed by atoms with Crippen molar-refractivity contribution in [3.63, 3.8) is 0 Å². The zero-order chi connectivity index (χ0) is 22.2. The summed E-state index contributed by atoms with van der Waals surface area (Å²) in [7, 11) is 1.76. The van der Waals surface area contributed by atoms with E-state index >= 15 is 0 Å². The van der Waals surface area contributed by atoms with Crippen LogP contribution in [0.15, 0.2) is 53.8 Å². The van der Waals surface area contributed by atoms with Gasteiger partial charge >= 0.3 is 0 Å². The summed E-state index contributed by atoms with van der Waals surface area (Å²) in [6.07, 6.45) is 13.5. The number of aromatic nitrogens is 2. The fourth-order valence-electron chi connectivity index (χ4n) is 3.27. The number of hydrogen-bond donors (Lipinski definition) is 1. The van der Waals surface area contributed by atoms with Crippen LogP contribution in [0.2, 0.25) is 0 Å². The van der Waals surface area contributed by atoms with Crippen LogP contribution in [0, 0.1) is 0 Å². The van der Waals surface area contributed by atoms with Gasteiger partial charge in [-0.05, 0) is 50.1 Å². The molecule has 1 aromatic carbocycles. The van der Waals surface area contributed by atoms with Crippen LogP contribution in [0.25, 0.3) is 0 Å². The van der Waals surface area contributed by atoms with Gasteiger partial charge in [0, 0.05) is 31.0 Å². The standard InChI is InChI=1S/C21H26N4O.2C2H6/c1-3-7-19(22-2)25-17-10-12-18(13-11-17)26-21-20(23-14-15-24-21)16-8-5-4-6-9-16;2*1-2/h3,7,10-16H,4-6,8-9H2,1-2H3,(H,22,25);2*1-2H3/b7-3-;;. The van der Waals surface area contributed by atoms with Gasteiger partial charge < -0.3 is 10.1 Å². The van der Waals surface area contributed by atoms with Crippen LogP contribution in [0.4, 0.5) is 5.69 Å². The number of hydrogen-bond acceptors (Lipinski definition) is 4. The van der Waals surface area contributed by atoms with E-state index in [4.69, 9.17) is 4.74 Å². The number of ether oxygens (including phenoxy) is 1. The van der Waals surface area contributed by atoms with Crippen molar-refractivity contribution in [3.05, 3.63) is 54.5 Å². The number of aliphatic imine (C=N–C) groups is 1. The second kappa shape index (κ2) is 15.2. The Morgan fingerprint density at radius 3 is 2.23 bits per heavy atom. The van der Waals surface area contributed by atoms with Crippen LogP contribution in [-0.4, -0.2) is 22.9 Å². The highest BCUT2D eigenvalue weighted by atomic mass is 16.5. The first kappa shape index (κ1) is 25.3. The van der Waals surface area contributed by atoms with Crippen LogP contribution >= 0.6 is 0 Å². The van der Waals surface area contributed by atoms with Crippen molar-refractivity contribution >= 4 is 11.5 Å². The number of nitrogens with zero attached hydrogens (tertiary/aromatic N) is 3. The molecule has 3 rings (SSSR count). The first-order valence-corrected chi connectivity index (χ1v) is 11.3. The van der Waals surface area contributed by atoms with E-state index in [0.717, 1.165) is 23.0 Å². The summed E-state index contributed by atoms with van der Waals surface area (Å²) in [6, 6.07) is 7.82. The van der Waals surface area contributed by atoms with Crippen molar-refractivity contribution in [2.45, 2.75) is 72.6 Å². The number of allylic oxidation sites excluding steroid dienone is 1. The predicted octanol–water partition coefficient (Wildman–Crippen LogP) is 7.39. The Labute approximate surface area is 182 Å². The molecule has 0 amide bonds. The summed E-state index contributed by atoms with van der Waals surface area (Å²) in [5, 5.41) is 3.26. The first-order chi connectivity index (χ1) is 14.8. The Balaban J connectivity index is 0.00000106. The van der Waals surface area contributed by atoms with Crippen molar-refractivity contribution < 1.29 is 4.74 Å². The molecule has 1 saturated carbocycles. The number of anilines is 1. The molecule has 0 atom stereocenters. The molecule has 0 aliphatic heterocycles. The second-order valence-electron chi connectivity index (χ2n) is 6.44. The second-order valence-corrected chi connectivity index (χ2v) is 6.44. The topological polar surface area (TPSA) is 59.4 Å². The van der Waals surface area contributed by atoms with Crippen molar-refractivity contribution in [1.82, 2.24) is 9.97 Å². The van der Waals surface area contributed by atoms with E-state index in [1.807, 2.05) is 71.0 Å². The Morgan fingerprint density at radius 2 is 1.63 bits per heavy atom. The molecule has 30 heavy (non-hydrogen) atoms. The van der Waals surface area contributed by atoms with Gasteiger partial charge in [-0.1, -0.05) is 53.0 Å². The summed E-state index contributed by atoms with van der Waals surface area (Å²) < 4.78 is 6.05. The number of nitrogens with one attached hydrogen (secondary N) is 1. The number of rotatable bonds is 5.